The van der Waals surface area contributed by atoms with E-state index in [0.717, 1.165) is 29.7 Å². The molecule has 2 aliphatic rings. The molecule has 1 amide bonds. The first kappa shape index (κ1) is 12.2. The molecule has 0 unspecified atom stereocenters. The zero-order valence-electron chi connectivity index (χ0n) is 10.2. The molecule has 2 saturated heterocycles. The smallest absolute Gasteiger partial charge is 0.253 e. The van der Waals surface area contributed by atoms with Crippen molar-refractivity contribution in [2.24, 2.45) is 5.92 Å². The maximum atomic E-state index is 12.4. The standard InChI is InChI=1S/C14H17BrN2O/c15-12-5-3-10(4-6-12)14(18)17-8-11-2-1-7-16-13(11)9-17/h3-6,11,13,16H,1-2,7-9H2/t11-,13+/m0/s1. The van der Waals surface area contributed by atoms with Gasteiger partial charge in [0.1, 0.15) is 0 Å². The van der Waals surface area contributed by atoms with Gasteiger partial charge in [-0.15, -0.1) is 0 Å². The lowest BCUT2D eigenvalue weighted by Gasteiger charge is -2.24. The molecule has 2 aliphatic heterocycles. The van der Waals surface area contributed by atoms with Gasteiger partial charge in [-0.1, -0.05) is 15.9 Å². The van der Waals surface area contributed by atoms with E-state index in [-0.39, 0.29) is 5.91 Å². The fraction of sp³-hybridized carbons (Fsp3) is 0.500. The molecule has 0 bridgehead atoms. The summed E-state index contributed by atoms with van der Waals surface area (Å²) in [6.07, 6.45) is 2.49. The van der Waals surface area contributed by atoms with E-state index in [4.69, 9.17) is 0 Å². The van der Waals surface area contributed by atoms with E-state index in [9.17, 15) is 4.79 Å². The zero-order chi connectivity index (χ0) is 12.5. The molecule has 1 aromatic carbocycles. The molecule has 2 fully saturated rings. The maximum absolute atomic E-state index is 12.4. The second-order valence-electron chi connectivity index (χ2n) is 5.18. The van der Waals surface area contributed by atoms with Crippen LogP contribution in [-0.2, 0) is 0 Å². The number of nitrogens with one attached hydrogen (secondary N) is 1. The summed E-state index contributed by atoms with van der Waals surface area (Å²) in [7, 11) is 0. The number of likely N-dealkylation sites (tertiary alicyclic amines) is 1. The van der Waals surface area contributed by atoms with Crippen molar-refractivity contribution in [1.82, 2.24) is 10.2 Å². The van der Waals surface area contributed by atoms with Gasteiger partial charge in [-0.25, -0.2) is 0 Å². The molecule has 0 radical (unpaired) electrons. The number of rotatable bonds is 1. The Bertz CT molecular complexity index is 432. The number of amides is 1. The van der Waals surface area contributed by atoms with E-state index in [2.05, 4.69) is 21.2 Å². The number of carbonyl (C=O) groups is 1. The lowest BCUT2D eigenvalue weighted by Crippen LogP contribution is -2.41. The first-order valence-electron chi connectivity index (χ1n) is 6.52. The number of carbonyl (C=O) groups excluding carboxylic acids is 1. The van der Waals surface area contributed by atoms with Crippen LogP contribution in [0.2, 0.25) is 0 Å². The lowest BCUT2D eigenvalue weighted by molar-refractivity contribution is 0.0785. The van der Waals surface area contributed by atoms with Crippen molar-refractivity contribution in [3.8, 4) is 0 Å². The van der Waals surface area contributed by atoms with Crippen LogP contribution in [-0.4, -0.2) is 36.5 Å². The molecule has 2 atom stereocenters. The number of nitrogens with zero attached hydrogens (tertiary/aromatic N) is 1. The topological polar surface area (TPSA) is 32.3 Å². The van der Waals surface area contributed by atoms with Crippen molar-refractivity contribution in [3.63, 3.8) is 0 Å². The first-order chi connectivity index (χ1) is 8.74. The Labute approximate surface area is 116 Å². The Hall–Kier alpha value is -0.870. The summed E-state index contributed by atoms with van der Waals surface area (Å²) in [4.78, 5) is 14.4. The Kier molecular flexibility index (Phi) is 3.39. The average Bonchev–Trinajstić information content (AvgIpc) is 2.82. The van der Waals surface area contributed by atoms with Crippen LogP contribution in [0.25, 0.3) is 0 Å². The number of piperidine rings is 1. The molecule has 18 heavy (non-hydrogen) atoms. The van der Waals surface area contributed by atoms with Crippen LogP contribution in [0.15, 0.2) is 28.7 Å². The van der Waals surface area contributed by atoms with Gasteiger partial charge in [-0.05, 0) is 49.6 Å². The van der Waals surface area contributed by atoms with E-state index >= 15 is 0 Å². The fourth-order valence-corrected chi connectivity index (χ4v) is 3.25. The second kappa shape index (κ2) is 5.02. The van der Waals surface area contributed by atoms with Crippen molar-refractivity contribution in [3.05, 3.63) is 34.3 Å². The molecular weight excluding hydrogens is 292 g/mol. The van der Waals surface area contributed by atoms with Gasteiger partial charge >= 0.3 is 0 Å². The van der Waals surface area contributed by atoms with Crippen LogP contribution in [0.3, 0.4) is 0 Å². The van der Waals surface area contributed by atoms with Crippen molar-refractivity contribution >= 4 is 21.8 Å². The van der Waals surface area contributed by atoms with Gasteiger partial charge in [0, 0.05) is 29.2 Å². The van der Waals surface area contributed by atoms with Gasteiger partial charge < -0.3 is 10.2 Å². The molecular formula is C14H17BrN2O. The molecule has 96 valence electrons. The summed E-state index contributed by atoms with van der Waals surface area (Å²) in [5.41, 5.74) is 0.789. The summed E-state index contributed by atoms with van der Waals surface area (Å²) in [6.45, 7) is 2.87. The zero-order valence-corrected chi connectivity index (χ0v) is 11.8. The van der Waals surface area contributed by atoms with Crippen LogP contribution >= 0.6 is 15.9 Å². The summed E-state index contributed by atoms with van der Waals surface area (Å²) < 4.78 is 1.01. The Morgan fingerprint density at radius 1 is 1.28 bits per heavy atom. The summed E-state index contributed by atoms with van der Waals surface area (Å²) in [5.74, 6) is 0.817. The van der Waals surface area contributed by atoms with Gasteiger partial charge in [-0.2, -0.15) is 0 Å². The monoisotopic (exact) mass is 308 g/mol. The number of fused-ring (bicyclic) bond motifs is 1. The molecule has 3 rings (SSSR count). The third kappa shape index (κ3) is 2.31. The van der Waals surface area contributed by atoms with Crippen molar-refractivity contribution < 1.29 is 4.79 Å². The molecule has 0 saturated carbocycles. The largest absolute Gasteiger partial charge is 0.337 e. The number of benzene rings is 1. The van der Waals surface area contributed by atoms with Crippen molar-refractivity contribution in [2.45, 2.75) is 18.9 Å². The molecule has 4 heteroatoms. The van der Waals surface area contributed by atoms with E-state index in [1.165, 1.54) is 12.8 Å². The van der Waals surface area contributed by atoms with Gasteiger partial charge in [0.25, 0.3) is 5.91 Å². The number of hydrogen-bond donors (Lipinski definition) is 1. The van der Waals surface area contributed by atoms with Crippen LogP contribution in [0, 0.1) is 5.92 Å². The van der Waals surface area contributed by atoms with Gasteiger partial charge in [-0.3, -0.25) is 4.79 Å². The first-order valence-corrected chi connectivity index (χ1v) is 7.31. The van der Waals surface area contributed by atoms with Crippen LogP contribution in [0.5, 0.6) is 0 Å². The van der Waals surface area contributed by atoms with E-state index in [1.54, 1.807) is 0 Å². The minimum Gasteiger partial charge on any atom is -0.337 e. The average molecular weight is 309 g/mol. The normalized spacial score (nSPS) is 27.1. The summed E-state index contributed by atoms with van der Waals surface area (Å²) in [5, 5.41) is 3.53. The third-order valence-corrected chi connectivity index (χ3v) is 4.51. The molecule has 3 nitrogen and oxygen atoms in total. The van der Waals surface area contributed by atoms with Crippen molar-refractivity contribution in [1.29, 1.82) is 0 Å². The highest BCUT2D eigenvalue weighted by atomic mass is 79.9. The van der Waals surface area contributed by atoms with Crippen LogP contribution < -0.4 is 5.32 Å². The second-order valence-corrected chi connectivity index (χ2v) is 6.10. The molecule has 0 aromatic heterocycles. The van der Waals surface area contributed by atoms with Crippen molar-refractivity contribution in [2.75, 3.05) is 19.6 Å². The molecule has 0 spiro atoms. The van der Waals surface area contributed by atoms with Gasteiger partial charge in [0.05, 0.1) is 0 Å². The highest BCUT2D eigenvalue weighted by molar-refractivity contribution is 9.10. The molecule has 2 heterocycles. The minimum atomic E-state index is 0.165. The Morgan fingerprint density at radius 3 is 2.78 bits per heavy atom. The molecule has 1 aromatic rings. The van der Waals surface area contributed by atoms with Gasteiger partial charge in [0.2, 0.25) is 0 Å². The lowest BCUT2D eigenvalue weighted by atomic mass is 9.94. The van der Waals surface area contributed by atoms with Gasteiger partial charge in [0.15, 0.2) is 0 Å². The van der Waals surface area contributed by atoms with E-state index < -0.39 is 0 Å². The van der Waals surface area contributed by atoms with E-state index in [1.807, 2.05) is 29.2 Å². The third-order valence-electron chi connectivity index (χ3n) is 3.98. The van der Waals surface area contributed by atoms with E-state index in [0.29, 0.717) is 12.0 Å². The summed E-state index contributed by atoms with van der Waals surface area (Å²) >= 11 is 3.39. The SMILES string of the molecule is O=C(c1ccc(Br)cc1)N1C[C@@H]2CCCN[C@@H]2C1. The van der Waals surface area contributed by atoms with Crippen LogP contribution in [0.4, 0.5) is 0 Å². The number of halogens is 1. The fourth-order valence-electron chi connectivity index (χ4n) is 2.99. The Morgan fingerprint density at radius 2 is 2.06 bits per heavy atom. The Balaban J connectivity index is 1.72. The molecule has 0 aliphatic carbocycles. The van der Waals surface area contributed by atoms with Crippen LogP contribution in [0.1, 0.15) is 23.2 Å². The highest BCUT2D eigenvalue weighted by Gasteiger charge is 2.36. The minimum absolute atomic E-state index is 0.165. The predicted octanol–water partition coefficient (Wildman–Crippen LogP) is 2.27. The maximum Gasteiger partial charge on any atom is 0.253 e. The highest BCUT2D eigenvalue weighted by Crippen LogP contribution is 2.26. The quantitative estimate of drug-likeness (QED) is 0.863. The molecule has 1 N–H and O–H groups in total. The number of hydrogen-bond acceptors (Lipinski definition) is 2. The summed E-state index contributed by atoms with van der Waals surface area (Å²) in [6, 6.07) is 8.14. The predicted molar refractivity (Wildman–Crippen MR) is 74.6 cm³/mol.